The Hall–Kier alpha value is -1.31. The first kappa shape index (κ1) is 9.25. The predicted molar refractivity (Wildman–Crippen MR) is 57.6 cm³/mol. The minimum Gasteiger partial charge on any atom is -0.362 e. The summed E-state index contributed by atoms with van der Waals surface area (Å²) >= 11 is 0. The van der Waals surface area contributed by atoms with Crippen LogP contribution in [0.2, 0.25) is 0 Å². The van der Waals surface area contributed by atoms with Gasteiger partial charge in [0.1, 0.15) is 6.29 Å². The average Bonchev–Trinajstić information content (AvgIpc) is 2.23. The van der Waals surface area contributed by atoms with Crippen LogP contribution >= 0.6 is 0 Å². The van der Waals surface area contributed by atoms with Crippen molar-refractivity contribution in [3.05, 3.63) is 29.8 Å². The fourth-order valence-corrected chi connectivity index (χ4v) is 2.12. The van der Waals surface area contributed by atoms with Crippen molar-refractivity contribution in [1.82, 2.24) is 0 Å². The van der Waals surface area contributed by atoms with E-state index in [1.54, 1.807) is 0 Å². The lowest BCUT2D eigenvalue weighted by molar-refractivity contribution is -0.106. The van der Waals surface area contributed by atoms with Gasteiger partial charge in [-0.05, 0) is 31.4 Å². The number of carbonyl (C=O) groups excluding carboxylic acids is 1. The van der Waals surface area contributed by atoms with Crippen LogP contribution in [-0.2, 0) is 11.2 Å². The molecule has 0 aliphatic carbocycles. The van der Waals surface area contributed by atoms with Gasteiger partial charge in [-0.15, -0.1) is 0 Å². The largest absolute Gasteiger partial charge is 0.362 e. The zero-order valence-corrected chi connectivity index (χ0v) is 8.44. The van der Waals surface area contributed by atoms with Gasteiger partial charge in [0.25, 0.3) is 0 Å². The van der Waals surface area contributed by atoms with E-state index in [-0.39, 0.29) is 0 Å². The molecule has 1 aromatic rings. The number of aldehydes is 1. The Morgan fingerprint density at radius 3 is 3.07 bits per heavy atom. The van der Waals surface area contributed by atoms with E-state index in [0.717, 1.165) is 19.1 Å². The lowest BCUT2D eigenvalue weighted by Crippen LogP contribution is -2.38. The Kier molecular flexibility index (Phi) is 2.53. The topological polar surface area (TPSA) is 20.3 Å². The van der Waals surface area contributed by atoms with Crippen LogP contribution in [0.15, 0.2) is 24.3 Å². The molecule has 14 heavy (non-hydrogen) atoms. The number of anilines is 1. The molecule has 2 heteroatoms. The van der Waals surface area contributed by atoms with Gasteiger partial charge in [-0.3, -0.25) is 0 Å². The molecule has 0 saturated carbocycles. The predicted octanol–water partition coefficient (Wildman–Crippen LogP) is 2.03. The second-order valence-electron chi connectivity index (χ2n) is 3.84. The van der Waals surface area contributed by atoms with Crippen LogP contribution in [0, 0.1) is 0 Å². The number of para-hydroxylation sites is 1. The average molecular weight is 189 g/mol. The highest BCUT2D eigenvalue weighted by Crippen LogP contribution is 2.29. The summed E-state index contributed by atoms with van der Waals surface area (Å²) in [5, 5.41) is 0. The van der Waals surface area contributed by atoms with E-state index < -0.39 is 0 Å². The van der Waals surface area contributed by atoms with Crippen LogP contribution in [0.4, 0.5) is 5.69 Å². The molecule has 0 fully saturated rings. The summed E-state index contributed by atoms with van der Waals surface area (Å²) in [4.78, 5) is 12.8. The van der Waals surface area contributed by atoms with E-state index in [0.29, 0.717) is 12.6 Å². The number of benzene rings is 1. The monoisotopic (exact) mass is 189 g/mol. The van der Waals surface area contributed by atoms with E-state index in [1.807, 2.05) is 6.07 Å². The smallest absolute Gasteiger partial charge is 0.139 e. The second-order valence-corrected chi connectivity index (χ2v) is 3.84. The van der Waals surface area contributed by atoms with Gasteiger partial charge in [-0.1, -0.05) is 18.2 Å². The van der Waals surface area contributed by atoms with Gasteiger partial charge in [0, 0.05) is 11.7 Å². The molecule has 0 spiro atoms. The van der Waals surface area contributed by atoms with Crippen molar-refractivity contribution in [3.63, 3.8) is 0 Å². The Balaban J connectivity index is 2.35. The third-order valence-electron chi connectivity index (χ3n) is 2.94. The van der Waals surface area contributed by atoms with Crippen molar-refractivity contribution in [3.8, 4) is 0 Å². The zero-order chi connectivity index (χ0) is 9.97. The summed E-state index contributed by atoms with van der Waals surface area (Å²) < 4.78 is 0. The van der Waals surface area contributed by atoms with Crippen LogP contribution < -0.4 is 4.90 Å². The quantitative estimate of drug-likeness (QED) is 0.663. The van der Waals surface area contributed by atoms with Crippen molar-refractivity contribution >= 4 is 12.0 Å². The van der Waals surface area contributed by atoms with Crippen LogP contribution in [0.3, 0.4) is 0 Å². The summed E-state index contributed by atoms with van der Waals surface area (Å²) in [6.07, 6.45) is 3.26. The molecule has 0 aromatic heterocycles. The number of aryl methyl sites for hydroxylation is 1. The second kappa shape index (κ2) is 3.82. The number of carbonyl (C=O) groups is 1. The molecule has 1 heterocycles. The lowest BCUT2D eigenvalue weighted by atomic mass is 9.97. The highest BCUT2D eigenvalue weighted by atomic mass is 16.1. The highest BCUT2D eigenvalue weighted by Gasteiger charge is 2.21. The maximum absolute atomic E-state index is 10.6. The molecule has 2 nitrogen and oxygen atoms in total. The Labute approximate surface area is 84.5 Å². The molecule has 0 bridgehead atoms. The molecule has 74 valence electrons. The molecule has 0 amide bonds. The molecule has 0 saturated heterocycles. The van der Waals surface area contributed by atoms with Gasteiger partial charge in [0.2, 0.25) is 0 Å². The van der Waals surface area contributed by atoms with Crippen molar-refractivity contribution in [2.75, 3.05) is 11.4 Å². The van der Waals surface area contributed by atoms with Gasteiger partial charge in [-0.25, -0.2) is 0 Å². The van der Waals surface area contributed by atoms with E-state index in [4.69, 9.17) is 0 Å². The van der Waals surface area contributed by atoms with E-state index >= 15 is 0 Å². The van der Waals surface area contributed by atoms with Crippen molar-refractivity contribution in [2.45, 2.75) is 25.8 Å². The Morgan fingerprint density at radius 2 is 2.29 bits per heavy atom. The van der Waals surface area contributed by atoms with Crippen LogP contribution in [0.1, 0.15) is 18.9 Å². The van der Waals surface area contributed by atoms with E-state index in [9.17, 15) is 4.79 Å². The molecule has 1 atom stereocenters. The standard InChI is InChI=1S/C12H15NO/c1-10-6-7-11-4-2-3-5-12(11)13(10)8-9-14/h2-5,9-10H,6-8H2,1H3. The minimum absolute atomic E-state index is 0.482. The minimum atomic E-state index is 0.482. The summed E-state index contributed by atoms with van der Waals surface area (Å²) in [7, 11) is 0. The molecule has 1 unspecified atom stereocenters. The number of hydrogen-bond donors (Lipinski definition) is 0. The third-order valence-corrected chi connectivity index (χ3v) is 2.94. The normalized spacial score (nSPS) is 20.4. The van der Waals surface area contributed by atoms with Crippen LogP contribution in [0.5, 0.6) is 0 Å². The molecule has 0 N–H and O–H groups in total. The Bertz CT molecular complexity index is 335. The van der Waals surface area contributed by atoms with Gasteiger partial charge in [0.05, 0.1) is 6.54 Å². The number of hydrogen-bond acceptors (Lipinski definition) is 2. The summed E-state index contributed by atoms with van der Waals surface area (Å²) in [6.45, 7) is 2.69. The fourth-order valence-electron chi connectivity index (χ4n) is 2.12. The van der Waals surface area contributed by atoms with Crippen molar-refractivity contribution in [1.29, 1.82) is 0 Å². The molecular formula is C12H15NO. The van der Waals surface area contributed by atoms with E-state index in [1.165, 1.54) is 11.3 Å². The van der Waals surface area contributed by atoms with Crippen LogP contribution in [0.25, 0.3) is 0 Å². The van der Waals surface area contributed by atoms with Gasteiger partial charge in [-0.2, -0.15) is 0 Å². The maximum Gasteiger partial charge on any atom is 0.139 e. The van der Waals surface area contributed by atoms with Crippen molar-refractivity contribution in [2.24, 2.45) is 0 Å². The molecule has 2 rings (SSSR count). The first-order chi connectivity index (χ1) is 6.83. The number of rotatable bonds is 2. The van der Waals surface area contributed by atoms with Crippen LogP contribution in [-0.4, -0.2) is 18.9 Å². The first-order valence-corrected chi connectivity index (χ1v) is 5.11. The summed E-state index contributed by atoms with van der Waals surface area (Å²) in [5.41, 5.74) is 2.60. The van der Waals surface area contributed by atoms with Gasteiger partial charge >= 0.3 is 0 Å². The van der Waals surface area contributed by atoms with Crippen molar-refractivity contribution < 1.29 is 4.79 Å². The SMILES string of the molecule is CC1CCc2ccccc2N1CC=O. The highest BCUT2D eigenvalue weighted by molar-refractivity contribution is 5.65. The molecule has 0 radical (unpaired) electrons. The number of nitrogens with zero attached hydrogens (tertiary/aromatic N) is 1. The molecule has 1 aliphatic rings. The van der Waals surface area contributed by atoms with Gasteiger partial charge < -0.3 is 9.69 Å². The Morgan fingerprint density at radius 1 is 1.50 bits per heavy atom. The number of fused-ring (bicyclic) bond motifs is 1. The molecule has 1 aromatic carbocycles. The third kappa shape index (κ3) is 1.52. The summed E-state index contributed by atoms with van der Waals surface area (Å²) in [6, 6.07) is 8.84. The fraction of sp³-hybridized carbons (Fsp3) is 0.417. The van der Waals surface area contributed by atoms with Gasteiger partial charge in [0.15, 0.2) is 0 Å². The van der Waals surface area contributed by atoms with E-state index in [2.05, 4.69) is 30.0 Å². The molecule has 1 aliphatic heterocycles. The first-order valence-electron chi connectivity index (χ1n) is 5.11. The zero-order valence-electron chi connectivity index (χ0n) is 8.44. The lowest BCUT2D eigenvalue weighted by Gasteiger charge is -2.35. The summed E-state index contributed by atoms with van der Waals surface area (Å²) in [5.74, 6) is 0. The molecular weight excluding hydrogens is 174 g/mol. The maximum atomic E-state index is 10.6.